The van der Waals surface area contributed by atoms with Crippen LogP contribution in [0.4, 0.5) is 28.4 Å². The second kappa shape index (κ2) is 11.1. The third-order valence-corrected chi connectivity index (χ3v) is 6.18. The number of hydrogen-bond acceptors (Lipinski definition) is 7. The van der Waals surface area contributed by atoms with Gasteiger partial charge in [0.15, 0.2) is 6.10 Å². The molecule has 6 N–H and O–H groups in total. The Labute approximate surface area is 202 Å². The summed E-state index contributed by atoms with van der Waals surface area (Å²) in [5.41, 5.74) is 6.66. The summed E-state index contributed by atoms with van der Waals surface area (Å²) in [6.07, 6.45) is -7.57. The van der Waals surface area contributed by atoms with Crippen molar-refractivity contribution < 1.29 is 32.6 Å². The zero-order chi connectivity index (χ0) is 25.8. The third kappa shape index (κ3) is 6.75. The summed E-state index contributed by atoms with van der Waals surface area (Å²) in [5.74, 6) is -1.02. The van der Waals surface area contributed by atoms with Crippen molar-refractivity contribution in [3.8, 4) is 10.4 Å². The number of halogens is 4. The van der Waals surface area contributed by atoms with Crippen molar-refractivity contribution in [3.63, 3.8) is 0 Å². The van der Waals surface area contributed by atoms with Gasteiger partial charge in [-0.05, 0) is 36.2 Å². The standard InChI is InChI=1S/C23H24F4N4O3S/c1-2-17(32)12-6-7-14(16(24)8-12)18-9-15(21(28)34)22(35-18)31-20-5-3-4-13(30-20)10-29-11-19(33)23(25,26)27/h3-9,17,19,29,32-33H,2,10-11H2,1H3,(H2,28,34)(H,30,31). The number of primary amides is 1. The quantitative estimate of drug-likeness (QED) is 0.259. The van der Waals surface area contributed by atoms with E-state index in [1.54, 1.807) is 31.2 Å². The topological polar surface area (TPSA) is 120 Å². The molecule has 0 saturated heterocycles. The van der Waals surface area contributed by atoms with Gasteiger partial charge in [-0.15, -0.1) is 11.3 Å². The maximum Gasteiger partial charge on any atom is 0.415 e. The Kier molecular flexibility index (Phi) is 8.43. The van der Waals surface area contributed by atoms with E-state index in [-0.39, 0.29) is 17.7 Å². The number of hydrogen-bond donors (Lipinski definition) is 5. The fraction of sp³-hybridized carbons (Fsp3) is 0.304. The van der Waals surface area contributed by atoms with E-state index >= 15 is 0 Å². The zero-order valence-electron chi connectivity index (χ0n) is 18.6. The average molecular weight is 513 g/mol. The molecular formula is C23H24F4N4O3S. The van der Waals surface area contributed by atoms with Crippen molar-refractivity contribution in [1.82, 2.24) is 10.3 Å². The van der Waals surface area contributed by atoms with Crippen LogP contribution in [0.5, 0.6) is 0 Å². The molecule has 3 aromatic rings. The van der Waals surface area contributed by atoms with Gasteiger partial charge in [-0.2, -0.15) is 13.2 Å². The minimum Gasteiger partial charge on any atom is -0.388 e. The van der Waals surface area contributed by atoms with Gasteiger partial charge in [-0.3, -0.25) is 4.79 Å². The molecule has 0 saturated carbocycles. The normalized spacial score (nSPS) is 13.5. The Morgan fingerprint density at radius 3 is 2.57 bits per heavy atom. The summed E-state index contributed by atoms with van der Waals surface area (Å²) in [6, 6.07) is 10.6. The number of aliphatic hydroxyl groups is 2. The fourth-order valence-corrected chi connectivity index (χ4v) is 4.29. The Bertz CT molecular complexity index is 1190. The number of benzene rings is 1. The van der Waals surface area contributed by atoms with Crippen LogP contribution in [0.25, 0.3) is 10.4 Å². The van der Waals surface area contributed by atoms with Gasteiger partial charge in [-0.25, -0.2) is 9.37 Å². The summed E-state index contributed by atoms with van der Waals surface area (Å²) in [4.78, 5) is 16.7. The fourth-order valence-electron chi connectivity index (χ4n) is 3.19. The predicted molar refractivity (Wildman–Crippen MR) is 125 cm³/mol. The highest BCUT2D eigenvalue weighted by molar-refractivity contribution is 7.19. The molecule has 7 nitrogen and oxygen atoms in total. The van der Waals surface area contributed by atoms with Gasteiger partial charge < -0.3 is 26.6 Å². The van der Waals surface area contributed by atoms with E-state index in [2.05, 4.69) is 15.6 Å². The molecule has 1 aromatic carbocycles. The molecule has 0 bridgehead atoms. The molecule has 2 unspecified atom stereocenters. The third-order valence-electron chi connectivity index (χ3n) is 5.10. The van der Waals surface area contributed by atoms with Crippen molar-refractivity contribution in [3.05, 3.63) is 65.1 Å². The number of nitrogens with one attached hydrogen (secondary N) is 2. The van der Waals surface area contributed by atoms with Crippen molar-refractivity contribution in [2.45, 2.75) is 38.3 Å². The van der Waals surface area contributed by atoms with Crippen LogP contribution in [0.2, 0.25) is 0 Å². The second-order valence-electron chi connectivity index (χ2n) is 7.71. The van der Waals surface area contributed by atoms with Gasteiger partial charge in [0.05, 0.1) is 17.4 Å². The average Bonchev–Trinajstić information content (AvgIpc) is 3.21. The summed E-state index contributed by atoms with van der Waals surface area (Å²) in [5, 5.41) is 24.7. The van der Waals surface area contributed by atoms with Crippen molar-refractivity contribution in [2.75, 3.05) is 11.9 Å². The molecule has 0 fully saturated rings. The Morgan fingerprint density at radius 2 is 1.94 bits per heavy atom. The first-order chi connectivity index (χ1) is 16.5. The summed E-state index contributed by atoms with van der Waals surface area (Å²) >= 11 is 1.07. The largest absolute Gasteiger partial charge is 0.415 e. The summed E-state index contributed by atoms with van der Waals surface area (Å²) < 4.78 is 52.0. The maximum absolute atomic E-state index is 14.8. The number of rotatable bonds is 10. The molecule has 12 heteroatoms. The minimum absolute atomic E-state index is 0.0395. The molecular weight excluding hydrogens is 488 g/mol. The molecule has 0 aliphatic rings. The highest BCUT2D eigenvalue weighted by atomic mass is 32.1. The first-order valence-corrected chi connectivity index (χ1v) is 11.4. The number of pyridine rings is 1. The maximum atomic E-state index is 14.8. The van der Waals surface area contributed by atoms with E-state index in [1.807, 2.05) is 0 Å². The van der Waals surface area contributed by atoms with Crippen LogP contribution in [0.3, 0.4) is 0 Å². The SMILES string of the molecule is CCC(O)c1ccc(-c2cc(C(N)=O)c(Nc3cccc(CNCC(O)C(F)(F)F)n3)s2)c(F)c1. The van der Waals surface area contributed by atoms with Gasteiger partial charge in [0.25, 0.3) is 5.91 Å². The minimum atomic E-state index is -4.72. The predicted octanol–water partition coefficient (Wildman–Crippen LogP) is 4.25. The highest BCUT2D eigenvalue weighted by Gasteiger charge is 2.37. The van der Waals surface area contributed by atoms with E-state index in [0.717, 1.165) is 11.3 Å². The van der Waals surface area contributed by atoms with Crippen LogP contribution in [0, 0.1) is 5.82 Å². The lowest BCUT2D eigenvalue weighted by Gasteiger charge is -2.15. The van der Waals surface area contributed by atoms with Gasteiger partial charge in [0.1, 0.15) is 16.6 Å². The van der Waals surface area contributed by atoms with E-state index in [1.165, 1.54) is 18.2 Å². The number of amides is 1. The van der Waals surface area contributed by atoms with Crippen molar-refractivity contribution in [1.29, 1.82) is 0 Å². The monoisotopic (exact) mass is 512 g/mol. The van der Waals surface area contributed by atoms with Crippen LogP contribution in [-0.4, -0.2) is 39.9 Å². The molecule has 0 aliphatic heterocycles. The zero-order valence-corrected chi connectivity index (χ0v) is 19.4. The molecule has 0 radical (unpaired) electrons. The Balaban J connectivity index is 1.79. The smallest absolute Gasteiger partial charge is 0.388 e. The lowest BCUT2D eigenvalue weighted by atomic mass is 10.0. The number of thiophene rings is 1. The van der Waals surface area contributed by atoms with E-state index in [4.69, 9.17) is 10.8 Å². The second-order valence-corrected chi connectivity index (χ2v) is 8.76. The van der Waals surface area contributed by atoms with Crippen LogP contribution < -0.4 is 16.4 Å². The van der Waals surface area contributed by atoms with E-state index in [0.29, 0.717) is 33.4 Å². The number of carbonyl (C=O) groups is 1. The van der Waals surface area contributed by atoms with Gasteiger partial charge >= 0.3 is 6.18 Å². The number of carbonyl (C=O) groups excluding carboxylic acids is 1. The van der Waals surface area contributed by atoms with Crippen LogP contribution in [0.15, 0.2) is 42.5 Å². The van der Waals surface area contributed by atoms with Crippen molar-refractivity contribution >= 4 is 28.1 Å². The number of aliphatic hydroxyl groups excluding tert-OH is 2. The molecule has 2 heterocycles. The Hall–Kier alpha value is -3.06. The first-order valence-electron chi connectivity index (χ1n) is 10.6. The Morgan fingerprint density at radius 1 is 1.20 bits per heavy atom. The molecule has 3 rings (SSSR count). The summed E-state index contributed by atoms with van der Waals surface area (Å²) in [7, 11) is 0. The number of anilines is 2. The number of aromatic nitrogens is 1. The van der Waals surface area contributed by atoms with Gasteiger partial charge in [-0.1, -0.05) is 25.1 Å². The number of alkyl halides is 3. The number of nitrogens with two attached hydrogens (primary N) is 1. The van der Waals surface area contributed by atoms with Gasteiger partial charge in [0, 0.05) is 23.5 Å². The van der Waals surface area contributed by atoms with Crippen molar-refractivity contribution in [2.24, 2.45) is 5.73 Å². The summed E-state index contributed by atoms with van der Waals surface area (Å²) in [6.45, 7) is 1.04. The van der Waals surface area contributed by atoms with Crippen LogP contribution >= 0.6 is 11.3 Å². The van der Waals surface area contributed by atoms with Gasteiger partial charge in [0.2, 0.25) is 0 Å². The molecule has 1 amide bonds. The van der Waals surface area contributed by atoms with E-state index < -0.39 is 36.7 Å². The molecule has 0 aliphatic carbocycles. The lowest BCUT2D eigenvalue weighted by Crippen LogP contribution is -2.38. The number of nitrogens with zero attached hydrogens (tertiary/aromatic N) is 1. The first kappa shape index (κ1) is 26.5. The molecule has 188 valence electrons. The van der Waals surface area contributed by atoms with Crippen LogP contribution in [0.1, 0.15) is 41.1 Å². The molecule has 0 spiro atoms. The van der Waals surface area contributed by atoms with Crippen LogP contribution in [-0.2, 0) is 6.54 Å². The highest BCUT2D eigenvalue weighted by Crippen LogP contribution is 2.38. The van der Waals surface area contributed by atoms with E-state index in [9.17, 15) is 27.5 Å². The molecule has 2 atom stereocenters. The lowest BCUT2D eigenvalue weighted by molar-refractivity contribution is -0.201. The molecule has 2 aromatic heterocycles. The molecule has 35 heavy (non-hydrogen) atoms.